The van der Waals surface area contributed by atoms with Gasteiger partial charge in [-0.1, -0.05) is 78.9 Å². The minimum absolute atomic E-state index is 0.0441. The first-order chi connectivity index (χ1) is 26.2. The van der Waals surface area contributed by atoms with E-state index in [4.69, 9.17) is 9.47 Å². The van der Waals surface area contributed by atoms with Crippen molar-refractivity contribution in [1.82, 2.24) is 19.8 Å². The number of rotatable bonds is 20. The van der Waals surface area contributed by atoms with E-state index >= 15 is 0 Å². The van der Waals surface area contributed by atoms with Crippen LogP contribution in [0.5, 0.6) is 5.75 Å². The molecule has 2 amide bonds. The minimum atomic E-state index is -4.71. The smallest absolute Gasteiger partial charge is 0.410 e. The predicted molar refractivity (Wildman–Crippen MR) is 204 cm³/mol. The van der Waals surface area contributed by atoms with Crippen LogP contribution in [0.3, 0.4) is 0 Å². The van der Waals surface area contributed by atoms with Gasteiger partial charge < -0.3 is 25.2 Å². The number of methoxy groups -OCH3 is 1. The van der Waals surface area contributed by atoms with Crippen LogP contribution in [0.2, 0.25) is 0 Å². The second kappa shape index (κ2) is 19.8. The lowest BCUT2D eigenvalue weighted by molar-refractivity contribution is -0.130. The Morgan fingerprint density at radius 3 is 2.25 bits per heavy atom. The van der Waals surface area contributed by atoms with E-state index in [-0.39, 0.29) is 38.6 Å². The van der Waals surface area contributed by atoms with E-state index < -0.39 is 64.6 Å². The quantitative estimate of drug-likeness (QED) is 0.122. The zero-order chi connectivity index (χ0) is 40.2. The highest BCUT2D eigenvalue weighted by Crippen LogP contribution is 2.44. The lowest BCUT2D eigenvalue weighted by Gasteiger charge is -2.31. The Labute approximate surface area is 320 Å². The van der Waals surface area contributed by atoms with Crippen LogP contribution in [0.4, 0.5) is 18.0 Å². The Morgan fingerprint density at radius 2 is 1.65 bits per heavy atom. The molecule has 0 aromatic heterocycles. The molecule has 15 heteroatoms. The number of nitrogens with one attached hydrogen (secondary N) is 2. The van der Waals surface area contributed by atoms with E-state index in [1.165, 1.54) is 6.08 Å². The minimum Gasteiger partial charge on any atom is -0.497 e. The summed E-state index contributed by atoms with van der Waals surface area (Å²) in [4.78, 5) is 28.8. The summed E-state index contributed by atoms with van der Waals surface area (Å²) in [6, 6.07) is 20.7. The van der Waals surface area contributed by atoms with Crippen molar-refractivity contribution in [3.63, 3.8) is 0 Å². The number of hydrogen-bond donors (Lipinski definition) is 3. The van der Waals surface area contributed by atoms with Crippen LogP contribution in [0.15, 0.2) is 104 Å². The van der Waals surface area contributed by atoms with Crippen molar-refractivity contribution in [3.8, 4) is 5.75 Å². The van der Waals surface area contributed by atoms with Gasteiger partial charge in [0.05, 0.1) is 37.5 Å². The van der Waals surface area contributed by atoms with Crippen molar-refractivity contribution in [2.24, 2.45) is 0 Å². The lowest BCUT2D eigenvalue weighted by atomic mass is 9.99. The summed E-state index contributed by atoms with van der Waals surface area (Å²) in [7, 11) is -1.90. The van der Waals surface area contributed by atoms with Crippen LogP contribution in [0.25, 0.3) is 0 Å². The fraction of sp³-hybridized carbons (Fsp3) is 0.400. The Morgan fingerprint density at radius 1 is 1.00 bits per heavy atom. The van der Waals surface area contributed by atoms with E-state index in [1.807, 2.05) is 60.7 Å². The number of fused-ring (bicyclic) bond motifs is 1. The molecule has 0 radical (unpaired) electrons. The Bertz CT molecular complexity index is 1850. The molecule has 1 aliphatic rings. The molecule has 0 aliphatic heterocycles. The number of likely N-dealkylation sites (N-methyl/N-ethyl adjacent to an activating group) is 1. The summed E-state index contributed by atoms with van der Waals surface area (Å²) in [6.45, 7) is 7.68. The summed E-state index contributed by atoms with van der Waals surface area (Å²) >= 11 is 0. The molecule has 298 valence electrons. The van der Waals surface area contributed by atoms with Crippen LogP contribution in [0, 0.1) is 0 Å². The topological polar surface area (TPSA) is 138 Å². The predicted octanol–water partition coefficient (Wildman–Crippen LogP) is 5.84. The largest absolute Gasteiger partial charge is 0.497 e. The molecular weight excluding hydrogens is 738 g/mol. The van der Waals surface area contributed by atoms with Crippen LogP contribution in [0.1, 0.15) is 53.6 Å². The highest BCUT2D eigenvalue weighted by atomic mass is 32.2. The summed E-state index contributed by atoms with van der Waals surface area (Å²) in [6.07, 6.45) is -4.73. The molecule has 0 fully saturated rings. The third-order valence-electron chi connectivity index (χ3n) is 9.51. The number of nitrogens with zero attached hydrogens (tertiary/aromatic N) is 2. The first-order valence-electron chi connectivity index (χ1n) is 17.8. The third kappa shape index (κ3) is 12.1. The van der Waals surface area contributed by atoms with E-state index in [0.717, 1.165) is 29.3 Å². The van der Waals surface area contributed by atoms with Crippen molar-refractivity contribution in [1.29, 1.82) is 0 Å². The normalized spacial score (nSPS) is 17.1. The second-order valence-corrected chi connectivity index (χ2v) is 15.4. The van der Waals surface area contributed by atoms with Crippen LogP contribution >= 0.6 is 0 Å². The fourth-order valence-electron chi connectivity index (χ4n) is 6.52. The van der Waals surface area contributed by atoms with Crippen molar-refractivity contribution in [2.45, 2.75) is 68.7 Å². The highest BCUT2D eigenvalue weighted by molar-refractivity contribution is 7.89. The molecule has 0 unspecified atom stereocenters. The Kier molecular flexibility index (Phi) is 15.5. The molecule has 0 heterocycles. The number of sulfonamides is 1. The number of carbonyl (C=O) groups excluding carboxylic acids is 2. The fourth-order valence-corrected chi connectivity index (χ4v) is 7.86. The summed E-state index contributed by atoms with van der Waals surface area (Å²) < 4.78 is 76.3. The molecule has 0 bridgehead atoms. The van der Waals surface area contributed by atoms with E-state index in [1.54, 1.807) is 36.3 Å². The van der Waals surface area contributed by atoms with Crippen molar-refractivity contribution in [3.05, 3.63) is 126 Å². The maximum absolute atomic E-state index is 13.7. The van der Waals surface area contributed by atoms with Gasteiger partial charge in [-0.3, -0.25) is 9.69 Å². The van der Waals surface area contributed by atoms with Gasteiger partial charge >= 0.3 is 12.3 Å². The summed E-state index contributed by atoms with van der Waals surface area (Å²) in [5.74, 6) is -1.44. The van der Waals surface area contributed by atoms with Crippen molar-refractivity contribution in [2.75, 3.05) is 33.0 Å². The number of benzene rings is 3. The van der Waals surface area contributed by atoms with Gasteiger partial charge in [-0.05, 0) is 53.6 Å². The lowest BCUT2D eigenvalue weighted by Crippen LogP contribution is -2.55. The number of hydrogen-bond acceptors (Lipinski definition) is 8. The molecule has 3 N–H and O–H groups in total. The molecule has 4 rings (SSSR count). The third-order valence-corrected chi connectivity index (χ3v) is 11.4. The Balaban J connectivity index is 1.54. The van der Waals surface area contributed by atoms with Gasteiger partial charge in [0.2, 0.25) is 15.9 Å². The van der Waals surface area contributed by atoms with Crippen LogP contribution in [-0.4, -0.2) is 92.1 Å². The monoisotopic (exact) mass is 786 g/mol. The second-order valence-electron chi connectivity index (χ2n) is 13.3. The Hall–Kier alpha value is -4.70. The standard InChI is InChI=1S/C40H49F3N4O7S/c1-5-13-35(46(3)55(51,52)22-20-40(41,42)43)38(49)45-34(23-28-14-9-7-10-15-28)37(48)26-44-33-25-36(31-19-18-30(53-4)24-32(31)33)47(21-6-2)39(50)54-27-29-16-11-8-12-17-29/h5-12,14-19,24,33-37,44,48H,1-2,13,20-23,25-27H2,3-4H3,(H,45,49)/t33-,34-,35-,36+,37+/m0/s1. The van der Waals surface area contributed by atoms with Gasteiger partial charge in [0, 0.05) is 26.2 Å². The van der Waals surface area contributed by atoms with E-state index in [2.05, 4.69) is 23.8 Å². The van der Waals surface area contributed by atoms with Gasteiger partial charge in [0.1, 0.15) is 18.4 Å². The van der Waals surface area contributed by atoms with E-state index in [9.17, 15) is 36.3 Å². The first kappa shape index (κ1) is 43.0. The van der Waals surface area contributed by atoms with Crippen molar-refractivity contribution < 1.29 is 45.8 Å². The highest BCUT2D eigenvalue weighted by Gasteiger charge is 2.39. The maximum atomic E-state index is 13.7. The van der Waals surface area contributed by atoms with Crippen molar-refractivity contribution >= 4 is 22.0 Å². The number of halogens is 3. The van der Waals surface area contributed by atoms with Gasteiger partial charge in [0.25, 0.3) is 0 Å². The molecule has 0 saturated heterocycles. The average Bonchev–Trinajstić information content (AvgIpc) is 3.53. The molecule has 3 aromatic carbocycles. The van der Waals surface area contributed by atoms with Gasteiger partial charge in [-0.25, -0.2) is 13.2 Å². The van der Waals surface area contributed by atoms with Gasteiger partial charge in [-0.2, -0.15) is 17.5 Å². The molecular formula is C40H49F3N4O7S. The SMILES string of the molecule is C=CC[C@@H](C(=O)N[C@@H](Cc1ccccc1)[C@H](O)CN[C@H]1C[C@@H](N(CC=C)C(=O)OCc2ccccc2)c2ccc(OC)cc21)N(C)S(=O)(=O)CCC(F)(F)F. The molecule has 0 spiro atoms. The maximum Gasteiger partial charge on any atom is 0.410 e. The number of ether oxygens (including phenoxy) is 2. The number of carbonyl (C=O) groups is 2. The van der Waals surface area contributed by atoms with E-state index in [0.29, 0.717) is 16.5 Å². The summed E-state index contributed by atoms with van der Waals surface area (Å²) in [5, 5.41) is 17.8. The molecule has 55 heavy (non-hydrogen) atoms. The zero-order valence-corrected chi connectivity index (χ0v) is 31.8. The molecule has 3 aromatic rings. The number of aliphatic hydroxyl groups is 1. The number of amides is 2. The van der Waals surface area contributed by atoms with Gasteiger partial charge in [-0.15, -0.1) is 13.2 Å². The number of aliphatic hydroxyl groups excluding tert-OH is 1. The molecule has 5 atom stereocenters. The molecule has 0 saturated carbocycles. The average molecular weight is 787 g/mol. The zero-order valence-electron chi connectivity index (χ0n) is 31.0. The summed E-state index contributed by atoms with van der Waals surface area (Å²) in [5.41, 5.74) is 3.29. The molecule has 11 nitrogen and oxygen atoms in total. The number of alkyl halides is 3. The molecule has 1 aliphatic carbocycles. The van der Waals surface area contributed by atoms with Crippen LogP contribution < -0.4 is 15.4 Å². The first-order valence-corrected chi connectivity index (χ1v) is 19.4. The van der Waals surface area contributed by atoms with Crippen LogP contribution in [-0.2, 0) is 32.6 Å². The van der Waals surface area contributed by atoms with Gasteiger partial charge in [0.15, 0.2) is 0 Å².